The summed E-state index contributed by atoms with van der Waals surface area (Å²) in [6, 6.07) is 2.93. The second-order valence-corrected chi connectivity index (χ2v) is 6.84. The molecule has 12 heteroatoms. The monoisotopic (exact) mass is 440 g/mol. The van der Waals surface area contributed by atoms with Crippen LogP contribution < -0.4 is 21.7 Å². The molecule has 0 fully saturated rings. The molecule has 9 N–H and O–H groups in total. The Balaban J connectivity index is 2.96. The van der Waals surface area contributed by atoms with Crippen molar-refractivity contribution in [1.29, 1.82) is 0 Å². The third kappa shape index (κ3) is 8.30. The lowest BCUT2D eigenvalue weighted by Crippen LogP contribution is -2.59. The minimum atomic E-state index is -1.62. The first kappa shape index (κ1) is 26.0. The van der Waals surface area contributed by atoms with Crippen LogP contribution in [0, 0.1) is 0 Å². The Morgan fingerprint density at radius 2 is 1.35 bits per heavy atom. The van der Waals surface area contributed by atoms with Crippen LogP contribution in [0.5, 0.6) is 0 Å². The second kappa shape index (κ2) is 12.6. The van der Waals surface area contributed by atoms with Crippen LogP contribution in [0.25, 0.3) is 0 Å². The lowest BCUT2D eigenvalue weighted by molar-refractivity contribution is -0.143. The fourth-order valence-corrected chi connectivity index (χ4v) is 2.47. The smallest absolute Gasteiger partial charge is 0.328 e. The number of carbonyl (C=O) groups is 4. The van der Waals surface area contributed by atoms with E-state index in [2.05, 4.69) is 10.6 Å². The van der Waals surface area contributed by atoms with Crippen molar-refractivity contribution >= 4 is 23.7 Å². The van der Waals surface area contributed by atoms with Crippen molar-refractivity contribution in [1.82, 2.24) is 16.0 Å². The van der Waals surface area contributed by atoms with E-state index in [0.29, 0.717) is 5.56 Å². The maximum atomic E-state index is 12.8. The van der Waals surface area contributed by atoms with Crippen LogP contribution in [0.1, 0.15) is 12.5 Å². The molecule has 0 spiro atoms. The number of carboxylic acids is 1. The van der Waals surface area contributed by atoms with Crippen molar-refractivity contribution in [3.8, 4) is 0 Å². The zero-order valence-corrected chi connectivity index (χ0v) is 16.9. The number of carboxylic acid groups (broad SMARTS) is 1. The highest BCUT2D eigenvalue weighted by Crippen LogP contribution is 2.05. The zero-order valence-electron chi connectivity index (χ0n) is 16.9. The third-order valence-corrected chi connectivity index (χ3v) is 4.35. The molecule has 0 bridgehead atoms. The topological polar surface area (TPSA) is 211 Å². The molecule has 0 saturated heterocycles. The predicted molar refractivity (Wildman–Crippen MR) is 107 cm³/mol. The number of nitrogens with one attached hydrogen (secondary N) is 3. The Bertz CT molecular complexity index is 759. The lowest BCUT2D eigenvalue weighted by atomic mass is 10.0. The van der Waals surface area contributed by atoms with Crippen LogP contribution >= 0.6 is 0 Å². The molecular weight excluding hydrogens is 412 g/mol. The summed E-state index contributed by atoms with van der Waals surface area (Å²) >= 11 is 0. The molecule has 0 aromatic heterocycles. The van der Waals surface area contributed by atoms with Gasteiger partial charge in [-0.3, -0.25) is 14.4 Å². The number of hydrogen-bond acceptors (Lipinski definition) is 8. The Kier molecular flexibility index (Phi) is 10.6. The Morgan fingerprint density at radius 3 is 1.84 bits per heavy atom. The zero-order chi connectivity index (χ0) is 23.6. The first-order valence-corrected chi connectivity index (χ1v) is 9.43. The van der Waals surface area contributed by atoms with Crippen LogP contribution in [0.4, 0.5) is 0 Å². The van der Waals surface area contributed by atoms with Gasteiger partial charge in [0, 0.05) is 6.42 Å². The molecular formula is C19H28N4O8. The maximum absolute atomic E-state index is 12.8. The predicted octanol–water partition coefficient (Wildman–Crippen LogP) is -3.54. The number of benzene rings is 1. The van der Waals surface area contributed by atoms with E-state index in [9.17, 15) is 29.4 Å². The highest BCUT2D eigenvalue weighted by Gasteiger charge is 2.30. The van der Waals surface area contributed by atoms with Gasteiger partial charge in [0.05, 0.1) is 19.3 Å². The van der Waals surface area contributed by atoms with Gasteiger partial charge in [-0.25, -0.2) is 4.79 Å². The molecule has 1 aromatic carbocycles. The highest BCUT2D eigenvalue weighted by molar-refractivity contribution is 5.94. The molecule has 0 aliphatic rings. The Labute approximate surface area is 178 Å². The van der Waals surface area contributed by atoms with Gasteiger partial charge in [-0.05, 0) is 12.5 Å². The van der Waals surface area contributed by atoms with E-state index in [1.54, 1.807) is 30.3 Å². The molecule has 5 atom stereocenters. The normalized spacial score (nSPS) is 15.6. The quantitative estimate of drug-likeness (QED) is 0.161. The summed E-state index contributed by atoms with van der Waals surface area (Å²) in [4.78, 5) is 48.1. The minimum Gasteiger partial charge on any atom is -0.480 e. The van der Waals surface area contributed by atoms with E-state index in [4.69, 9.17) is 15.9 Å². The summed E-state index contributed by atoms with van der Waals surface area (Å²) in [5.74, 6) is -4.19. The van der Waals surface area contributed by atoms with Gasteiger partial charge in [0.25, 0.3) is 0 Å². The number of aliphatic hydroxyl groups is 3. The van der Waals surface area contributed by atoms with E-state index in [1.807, 2.05) is 5.32 Å². The molecule has 31 heavy (non-hydrogen) atoms. The highest BCUT2D eigenvalue weighted by atomic mass is 16.4. The van der Waals surface area contributed by atoms with Crippen LogP contribution in [0.15, 0.2) is 30.3 Å². The van der Waals surface area contributed by atoms with Crippen molar-refractivity contribution < 1.29 is 39.6 Å². The number of amides is 3. The molecule has 3 amide bonds. The fraction of sp³-hybridized carbons (Fsp3) is 0.474. The molecule has 172 valence electrons. The number of rotatable bonds is 12. The summed E-state index contributed by atoms with van der Waals surface area (Å²) in [6.07, 6.45) is -1.16. The fourth-order valence-electron chi connectivity index (χ4n) is 2.47. The molecule has 1 aromatic rings. The van der Waals surface area contributed by atoms with E-state index in [-0.39, 0.29) is 6.42 Å². The summed E-state index contributed by atoms with van der Waals surface area (Å²) in [5.41, 5.74) is 6.27. The summed E-state index contributed by atoms with van der Waals surface area (Å²) in [7, 11) is 0. The van der Waals surface area contributed by atoms with Gasteiger partial charge < -0.3 is 42.1 Å². The van der Waals surface area contributed by atoms with Crippen molar-refractivity contribution in [2.45, 2.75) is 43.6 Å². The number of aliphatic hydroxyl groups excluding tert-OH is 3. The van der Waals surface area contributed by atoms with Crippen molar-refractivity contribution in [3.05, 3.63) is 35.9 Å². The van der Waals surface area contributed by atoms with Gasteiger partial charge in [-0.1, -0.05) is 30.3 Å². The second-order valence-electron chi connectivity index (χ2n) is 6.84. The summed E-state index contributed by atoms with van der Waals surface area (Å²) in [5, 5.41) is 43.5. The Morgan fingerprint density at radius 1 is 0.871 bits per heavy atom. The van der Waals surface area contributed by atoms with Gasteiger partial charge in [-0.15, -0.1) is 0 Å². The van der Waals surface area contributed by atoms with Crippen LogP contribution in [0.3, 0.4) is 0 Å². The van der Waals surface area contributed by atoms with Gasteiger partial charge in [0.1, 0.15) is 24.2 Å². The number of aliphatic carboxylic acids is 1. The summed E-state index contributed by atoms with van der Waals surface area (Å²) in [6.45, 7) is -0.450. The SMILES string of the molecule is CC(O)C(N)C(=O)NC(Cc1ccccc1)C(=O)NC(CO)C(=O)NC(CO)C(=O)O. The molecule has 5 unspecified atom stereocenters. The molecule has 0 aliphatic heterocycles. The van der Waals surface area contributed by atoms with Gasteiger partial charge in [0.2, 0.25) is 17.7 Å². The summed E-state index contributed by atoms with van der Waals surface area (Å²) < 4.78 is 0. The van der Waals surface area contributed by atoms with E-state index >= 15 is 0 Å². The van der Waals surface area contributed by atoms with Crippen molar-refractivity contribution in [2.75, 3.05) is 13.2 Å². The number of carbonyl (C=O) groups excluding carboxylic acids is 3. The van der Waals surface area contributed by atoms with E-state index in [0.717, 1.165) is 0 Å². The number of hydrogen-bond donors (Lipinski definition) is 8. The van der Waals surface area contributed by atoms with E-state index in [1.165, 1.54) is 6.92 Å². The van der Waals surface area contributed by atoms with Gasteiger partial charge >= 0.3 is 5.97 Å². The molecule has 12 nitrogen and oxygen atoms in total. The largest absolute Gasteiger partial charge is 0.480 e. The lowest BCUT2D eigenvalue weighted by Gasteiger charge is -2.24. The maximum Gasteiger partial charge on any atom is 0.328 e. The van der Waals surface area contributed by atoms with Crippen LogP contribution in [0.2, 0.25) is 0 Å². The average Bonchev–Trinajstić information content (AvgIpc) is 2.74. The van der Waals surface area contributed by atoms with Crippen molar-refractivity contribution in [3.63, 3.8) is 0 Å². The van der Waals surface area contributed by atoms with Crippen molar-refractivity contribution in [2.24, 2.45) is 5.73 Å². The van der Waals surface area contributed by atoms with Gasteiger partial charge in [0.15, 0.2) is 0 Å². The molecule has 0 saturated carbocycles. The first-order valence-electron chi connectivity index (χ1n) is 9.43. The molecule has 0 aliphatic carbocycles. The molecule has 1 rings (SSSR count). The van der Waals surface area contributed by atoms with Gasteiger partial charge in [-0.2, -0.15) is 0 Å². The van der Waals surface area contributed by atoms with E-state index < -0.39 is 67.2 Å². The Hall–Kier alpha value is -3.06. The number of nitrogens with two attached hydrogens (primary N) is 1. The average molecular weight is 440 g/mol. The van der Waals surface area contributed by atoms with Crippen LogP contribution in [-0.4, -0.2) is 87.6 Å². The van der Waals surface area contributed by atoms with Crippen LogP contribution in [-0.2, 0) is 25.6 Å². The third-order valence-electron chi connectivity index (χ3n) is 4.35. The molecule has 0 radical (unpaired) electrons. The minimum absolute atomic E-state index is 0.0130. The molecule has 0 heterocycles. The standard InChI is InChI=1S/C19H28N4O8/c1-10(26)15(20)18(29)21-12(7-11-5-3-2-4-6-11)16(27)22-13(8-24)17(28)23-14(9-25)19(30)31/h2-6,10,12-15,24-26H,7-9,20H2,1H3,(H,21,29)(H,22,27)(H,23,28)(H,30,31). The first-order chi connectivity index (χ1) is 14.6.